The van der Waals surface area contributed by atoms with Gasteiger partial charge in [-0.25, -0.2) is 0 Å². The summed E-state index contributed by atoms with van der Waals surface area (Å²) >= 11 is 0. The average molecular weight is 293 g/mol. The van der Waals surface area contributed by atoms with Crippen LogP contribution in [0.25, 0.3) is 0 Å². The highest BCUT2D eigenvalue weighted by Crippen LogP contribution is 2.46. The van der Waals surface area contributed by atoms with Gasteiger partial charge in [0.15, 0.2) is 0 Å². The fraction of sp³-hybridized carbons (Fsp3) is 0.647. The van der Waals surface area contributed by atoms with Crippen molar-refractivity contribution in [1.82, 2.24) is 0 Å². The van der Waals surface area contributed by atoms with Crippen LogP contribution >= 0.6 is 0 Å². The average Bonchev–Trinajstić information content (AvgIpc) is 2.60. The number of hydrogen-bond donors (Lipinski definition) is 0. The van der Waals surface area contributed by atoms with Gasteiger partial charge >= 0.3 is 0 Å². The molecule has 19 heavy (non-hydrogen) atoms. The predicted molar refractivity (Wildman–Crippen MR) is 94.9 cm³/mol. The molecule has 2 heteroatoms. The zero-order valence-electron chi connectivity index (χ0n) is 14.2. The third kappa shape index (κ3) is 3.82. The molecule has 0 heterocycles. The van der Waals surface area contributed by atoms with Crippen molar-refractivity contribution in [3.8, 4) is 0 Å². The van der Waals surface area contributed by atoms with Gasteiger partial charge in [-0.3, -0.25) is 0 Å². The predicted octanol–water partition coefficient (Wildman–Crippen LogP) is 5.83. The van der Waals surface area contributed by atoms with Crippen LogP contribution in [0, 0.1) is 11.3 Å². The Kier molecular flexibility index (Phi) is 4.58. The largest absolute Gasteiger partial charge is 0.103 e. The zero-order valence-corrected chi connectivity index (χ0v) is 16.2. The van der Waals surface area contributed by atoms with E-state index >= 15 is 0 Å². The van der Waals surface area contributed by atoms with Gasteiger partial charge in [0.25, 0.3) is 0 Å². The van der Waals surface area contributed by atoms with E-state index in [2.05, 4.69) is 77.9 Å². The minimum absolute atomic E-state index is 0.301. The summed E-state index contributed by atoms with van der Waals surface area (Å²) in [6, 6.07) is 0. The first kappa shape index (κ1) is 16.7. The van der Waals surface area contributed by atoms with Crippen LogP contribution in [-0.4, -0.2) is 16.1 Å². The second-order valence-electron chi connectivity index (χ2n) is 8.68. The minimum Gasteiger partial charge on any atom is -0.103 e. The van der Waals surface area contributed by atoms with Crippen LogP contribution in [0.5, 0.6) is 0 Å². The summed E-state index contributed by atoms with van der Waals surface area (Å²) in [6.07, 6.45) is 8.36. The van der Waals surface area contributed by atoms with Crippen LogP contribution in [0.15, 0.2) is 35.2 Å². The quantitative estimate of drug-likeness (QED) is 0.442. The molecule has 108 valence electrons. The summed E-state index contributed by atoms with van der Waals surface area (Å²) < 4.78 is 0. The molecular weight excluding hydrogens is 260 g/mol. The van der Waals surface area contributed by atoms with E-state index in [-0.39, 0.29) is 0 Å². The molecule has 0 aromatic heterocycles. The first-order chi connectivity index (χ1) is 8.39. The Bertz CT molecular complexity index is 412. The maximum Gasteiger partial charge on any atom is 0.0771 e. The van der Waals surface area contributed by atoms with E-state index in [9.17, 15) is 0 Å². The van der Waals surface area contributed by atoms with Crippen LogP contribution in [0.3, 0.4) is 0 Å². The van der Waals surface area contributed by atoms with E-state index in [0.717, 1.165) is 6.42 Å². The molecule has 0 aromatic rings. The van der Waals surface area contributed by atoms with Crippen molar-refractivity contribution in [1.29, 1.82) is 0 Å². The lowest BCUT2D eigenvalue weighted by Crippen LogP contribution is -2.34. The van der Waals surface area contributed by atoms with Crippen LogP contribution < -0.4 is 0 Å². The monoisotopic (exact) mass is 292 g/mol. The molecule has 0 nitrogen and oxygen atoms in total. The number of hydrogen-bond acceptors (Lipinski definition) is 0. The highest BCUT2D eigenvalue weighted by Gasteiger charge is 2.39. The van der Waals surface area contributed by atoms with Crippen LogP contribution in [0.1, 0.15) is 20.3 Å². The van der Waals surface area contributed by atoms with Gasteiger partial charge < -0.3 is 0 Å². The molecule has 0 fully saturated rings. The molecule has 0 aliphatic heterocycles. The molecule has 1 aliphatic carbocycles. The van der Waals surface area contributed by atoms with Gasteiger partial charge in [-0.05, 0) is 11.8 Å². The summed E-state index contributed by atoms with van der Waals surface area (Å²) in [5.74, 6) is 0.624. The topological polar surface area (TPSA) is 0 Å². The second-order valence-corrected chi connectivity index (χ2v) is 18.8. The smallest absolute Gasteiger partial charge is 0.0771 e. The standard InChI is InChI=1S/C17H32Si2/c1-10-11-17(2,3)15-12-14(18(4,5)6)13-16(15)19(7,8)9/h10,12-13,15H,1,11H2,2-9H3. The third-order valence-electron chi connectivity index (χ3n) is 4.24. The Balaban J connectivity index is 3.25. The van der Waals surface area contributed by atoms with Crippen molar-refractivity contribution >= 4 is 16.1 Å². The Hall–Kier alpha value is -0.346. The first-order valence-electron chi connectivity index (χ1n) is 7.45. The fourth-order valence-electron chi connectivity index (χ4n) is 2.87. The van der Waals surface area contributed by atoms with Gasteiger partial charge in [0.1, 0.15) is 0 Å². The van der Waals surface area contributed by atoms with Gasteiger partial charge in [0, 0.05) is 5.92 Å². The van der Waals surface area contributed by atoms with Crippen LogP contribution in [-0.2, 0) is 0 Å². The minimum atomic E-state index is -1.25. The van der Waals surface area contributed by atoms with Crippen LogP contribution in [0.2, 0.25) is 39.3 Å². The molecule has 0 amide bonds. The van der Waals surface area contributed by atoms with Gasteiger partial charge in [0.05, 0.1) is 16.1 Å². The summed E-state index contributed by atoms with van der Waals surface area (Å²) in [5, 5.41) is 3.41. The van der Waals surface area contributed by atoms with Crippen molar-refractivity contribution in [2.75, 3.05) is 0 Å². The fourth-order valence-corrected chi connectivity index (χ4v) is 6.26. The van der Waals surface area contributed by atoms with Crippen molar-refractivity contribution < 1.29 is 0 Å². The van der Waals surface area contributed by atoms with E-state index in [0.29, 0.717) is 11.3 Å². The van der Waals surface area contributed by atoms with Gasteiger partial charge in [0.2, 0.25) is 0 Å². The maximum absolute atomic E-state index is 3.95. The van der Waals surface area contributed by atoms with E-state index in [4.69, 9.17) is 0 Å². The highest BCUT2D eigenvalue weighted by molar-refractivity contribution is 6.86. The SMILES string of the molecule is C=CCC(C)(C)C1C=C([Si](C)(C)C)C=C1[Si](C)(C)C. The van der Waals surface area contributed by atoms with Gasteiger partial charge in [-0.2, -0.15) is 0 Å². The van der Waals surface area contributed by atoms with Gasteiger partial charge in [-0.15, -0.1) is 6.58 Å². The second kappa shape index (κ2) is 5.21. The molecule has 0 spiro atoms. The first-order valence-corrected chi connectivity index (χ1v) is 14.4. The van der Waals surface area contributed by atoms with E-state index < -0.39 is 16.1 Å². The molecule has 0 saturated carbocycles. The van der Waals surface area contributed by atoms with E-state index in [1.807, 2.05) is 0 Å². The molecular formula is C17H32Si2. The highest BCUT2D eigenvalue weighted by atomic mass is 28.3. The Morgan fingerprint density at radius 2 is 1.63 bits per heavy atom. The molecule has 1 unspecified atom stereocenters. The lowest BCUT2D eigenvalue weighted by molar-refractivity contribution is 0.304. The van der Waals surface area contributed by atoms with Crippen molar-refractivity contribution in [2.45, 2.75) is 59.6 Å². The molecule has 1 aliphatic rings. The van der Waals surface area contributed by atoms with Crippen molar-refractivity contribution in [3.05, 3.63) is 35.2 Å². The van der Waals surface area contributed by atoms with Crippen molar-refractivity contribution in [2.24, 2.45) is 11.3 Å². The number of rotatable bonds is 5. The van der Waals surface area contributed by atoms with Crippen molar-refractivity contribution in [3.63, 3.8) is 0 Å². The Morgan fingerprint density at radius 3 is 2.00 bits per heavy atom. The summed E-state index contributed by atoms with van der Waals surface area (Å²) in [5.41, 5.74) is 0.301. The molecule has 0 saturated heterocycles. The van der Waals surface area contributed by atoms with E-state index in [1.165, 1.54) is 0 Å². The summed E-state index contributed by atoms with van der Waals surface area (Å²) in [6.45, 7) is 23.6. The molecule has 1 rings (SSSR count). The normalized spacial score (nSPS) is 21.2. The molecule has 0 aromatic carbocycles. The lowest BCUT2D eigenvalue weighted by Gasteiger charge is -2.36. The zero-order chi connectivity index (χ0) is 15.1. The van der Waals surface area contributed by atoms with Gasteiger partial charge in [-0.1, -0.05) is 81.8 Å². The maximum atomic E-state index is 3.95. The van der Waals surface area contributed by atoms with E-state index in [1.54, 1.807) is 10.4 Å². The molecule has 0 bridgehead atoms. The number of allylic oxidation sites excluding steroid dienone is 5. The third-order valence-corrected chi connectivity index (χ3v) is 8.47. The summed E-state index contributed by atoms with van der Waals surface area (Å²) in [7, 11) is -2.46. The Labute approximate surface area is 122 Å². The van der Waals surface area contributed by atoms with Crippen LogP contribution in [0.4, 0.5) is 0 Å². The molecule has 1 atom stereocenters. The summed E-state index contributed by atoms with van der Waals surface area (Å²) in [4.78, 5) is 0. The molecule has 0 radical (unpaired) electrons. The molecule has 0 N–H and O–H groups in total. The Morgan fingerprint density at radius 1 is 1.11 bits per heavy atom. The lowest BCUT2D eigenvalue weighted by atomic mass is 9.77.